The second-order valence-electron chi connectivity index (χ2n) is 7.07. The Morgan fingerprint density at radius 2 is 1.96 bits per heavy atom. The third-order valence-corrected chi connectivity index (χ3v) is 4.23. The number of ether oxygens (including phenoxy) is 1. The highest BCUT2D eigenvalue weighted by molar-refractivity contribution is 5.76. The van der Waals surface area contributed by atoms with Gasteiger partial charge in [-0.25, -0.2) is 0 Å². The molecule has 0 radical (unpaired) electrons. The van der Waals surface area contributed by atoms with Gasteiger partial charge in [-0.2, -0.15) is 4.98 Å². The standard InChI is InChI=1S/C17H30N4O3/c1-11(2)17-19-16(24-20-17)7-6-15(22)18-8-12(3)21-9-13(4)23-14(5)10-21/h11-14H,6-10H2,1-5H3,(H,18,22)/t12-,13-,14+/m1/s1. The molecule has 0 aromatic carbocycles. The Balaban J connectivity index is 1.70. The number of carbonyl (C=O) groups excluding carboxylic acids is 1. The zero-order valence-corrected chi connectivity index (χ0v) is 15.4. The van der Waals surface area contributed by atoms with Gasteiger partial charge in [0.05, 0.1) is 12.2 Å². The van der Waals surface area contributed by atoms with Crippen molar-refractivity contribution in [3.8, 4) is 0 Å². The SMILES string of the molecule is CC(C)c1noc(CCC(=O)NC[C@@H](C)N2C[C@@H](C)O[C@@H](C)C2)n1. The van der Waals surface area contributed by atoms with Crippen molar-refractivity contribution < 1.29 is 14.1 Å². The van der Waals surface area contributed by atoms with Gasteiger partial charge in [0, 0.05) is 44.4 Å². The fourth-order valence-electron chi connectivity index (χ4n) is 2.88. The van der Waals surface area contributed by atoms with Crippen molar-refractivity contribution in [2.45, 2.75) is 71.6 Å². The smallest absolute Gasteiger partial charge is 0.227 e. The monoisotopic (exact) mass is 338 g/mol. The number of morpholine rings is 1. The first kappa shape index (κ1) is 18.9. The van der Waals surface area contributed by atoms with Crippen LogP contribution in [0.1, 0.15) is 58.7 Å². The van der Waals surface area contributed by atoms with Crippen LogP contribution in [-0.4, -0.2) is 58.8 Å². The fourth-order valence-corrected chi connectivity index (χ4v) is 2.88. The lowest BCUT2D eigenvalue weighted by Gasteiger charge is -2.39. The van der Waals surface area contributed by atoms with Crippen molar-refractivity contribution in [1.29, 1.82) is 0 Å². The number of aryl methyl sites for hydroxylation is 1. The number of carbonyl (C=O) groups is 1. The molecular formula is C17H30N4O3. The van der Waals surface area contributed by atoms with E-state index >= 15 is 0 Å². The Morgan fingerprint density at radius 3 is 2.54 bits per heavy atom. The van der Waals surface area contributed by atoms with Crippen LogP contribution >= 0.6 is 0 Å². The second-order valence-corrected chi connectivity index (χ2v) is 7.07. The summed E-state index contributed by atoms with van der Waals surface area (Å²) < 4.78 is 10.9. The first-order valence-electron chi connectivity index (χ1n) is 8.83. The molecular weight excluding hydrogens is 308 g/mol. The molecule has 1 amide bonds. The van der Waals surface area contributed by atoms with E-state index in [0.29, 0.717) is 37.1 Å². The number of nitrogens with zero attached hydrogens (tertiary/aromatic N) is 3. The van der Waals surface area contributed by atoms with E-state index in [1.165, 1.54) is 0 Å². The van der Waals surface area contributed by atoms with Crippen LogP contribution in [0.15, 0.2) is 4.52 Å². The first-order chi connectivity index (χ1) is 11.3. The van der Waals surface area contributed by atoms with Crippen molar-refractivity contribution in [2.75, 3.05) is 19.6 Å². The molecule has 1 fully saturated rings. The predicted octanol–water partition coefficient (Wildman–Crippen LogP) is 1.74. The second kappa shape index (κ2) is 8.58. The summed E-state index contributed by atoms with van der Waals surface area (Å²) in [7, 11) is 0. The zero-order chi connectivity index (χ0) is 17.7. The molecule has 2 rings (SSSR count). The Hall–Kier alpha value is -1.47. The van der Waals surface area contributed by atoms with E-state index < -0.39 is 0 Å². The Bertz CT molecular complexity index is 522. The van der Waals surface area contributed by atoms with E-state index in [4.69, 9.17) is 9.26 Å². The summed E-state index contributed by atoms with van der Waals surface area (Å²) in [5.41, 5.74) is 0. The van der Waals surface area contributed by atoms with Crippen LogP contribution in [0.3, 0.4) is 0 Å². The zero-order valence-electron chi connectivity index (χ0n) is 15.4. The first-order valence-corrected chi connectivity index (χ1v) is 8.83. The normalized spacial score (nSPS) is 23.4. The van der Waals surface area contributed by atoms with E-state index in [2.05, 4.69) is 41.1 Å². The minimum absolute atomic E-state index is 0.0144. The van der Waals surface area contributed by atoms with Gasteiger partial charge in [0.25, 0.3) is 0 Å². The number of hydrogen-bond acceptors (Lipinski definition) is 6. The highest BCUT2D eigenvalue weighted by Gasteiger charge is 2.25. The molecule has 24 heavy (non-hydrogen) atoms. The molecule has 136 valence electrons. The van der Waals surface area contributed by atoms with Crippen LogP contribution in [0.2, 0.25) is 0 Å². The summed E-state index contributed by atoms with van der Waals surface area (Å²) in [5.74, 6) is 1.46. The molecule has 7 heteroatoms. The Morgan fingerprint density at radius 1 is 1.29 bits per heavy atom. The number of amides is 1. The average Bonchev–Trinajstić information content (AvgIpc) is 2.98. The molecule has 7 nitrogen and oxygen atoms in total. The summed E-state index contributed by atoms with van der Waals surface area (Å²) >= 11 is 0. The molecule has 3 atom stereocenters. The van der Waals surface area contributed by atoms with Gasteiger partial charge in [0.1, 0.15) is 0 Å². The number of nitrogens with one attached hydrogen (secondary N) is 1. The van der Waals surface area contributed by atoms with E-state index in [1.54, 1.807) is 0 Å². The molecule has 0 saturated carbocycles. The average molecular weight is 338 g/mol. The van der Waals surface area contributed by atoms with Gasteiger partial charge >= 0.3 is 0 Å². The quantitative estimate of drug-likeness (QED) is 0.816. The number of hydrogen-bond donors (Lipinski definition) is 1. The summed E-state index contributed by atoms with van der Waals surface area (Å²) in [6.07, 6.45) is 1.31. The topological polar surface area (TPSA) is 80.5 Å². The molecule has 0 bridgehead atoms. The summed E-state index contributed by atoms with van der Waals surface area (Å²) in [6, 6.07) is 0.290. The lowest BCUT2D eigenvalue weighted by molar-refractivity contribution is -0.121. The maximum Gasteiger partial charge on any atom is 0.227 e. The van der Waals surface area contributed by atoms with Gasteiger partial charge in [-0.15, -0.1) is 0 Å². The van der Waals surface area contributed by atoms with Crippen molar-refractivity contribution in [1.82, 2.24) is 20.4 Å². The molecule has 1 aliphatic heterocycles. The van der Waals surface area contributed by atoms with Crippen LogP contribution in [0.4, 0.5) is 0 Å². The molecule has 1 aromatic heterocycles. The van der Waals surface area contributed by atoms with Crippen molar-refractivity contribution in [3.63, 3.8) is 0 Å². The largest absolute Gasteiger partial charge is 0.373 e. The van der Waals surface area contributed by atoms with Gasteiger partial charge in [-0.3, -0.25) is 9.69 Å². The van der Waals surface area contributed by atoms with Gasteiger partial charge in [0.2, 0.25) is 11.8 Å². The molecule has 1 aliphatic rings. The lowest BCUT2D eigenvalue weighted by Crippen LogP contribution is -2.52. The van der Waals surface area contributed by atoms with Gasteiger partial charge in [-0.05, 0) is 20.8 Å². The van der Waals surface area contributed by atoms with Crippen LogP contribution in [0.25, 0.3) is 0 Å². The predicted molar refractivity (Wildman–Crippen MR) is 90.8 cm³/mol. The Kier molecular flexibility index (Phi) is 6.74. The minimum atomic E-state index is 0.0144. The van der Waals surface area contributed by atoms with Gasteiger partial charge in [-0.1, -0.05) is 19.0 Å². The summed E-state index contributed by atoms with van der Waals surface area (Å²) in [4.78, 5) is 18.7. The molecule has 0 unspecified atom stereocenters. The van der Waals surface area contributed by atoms with E-state index in [0.717, 1.165) is 13.1 Å². The molecule has 1 saturated heterocycles. The van der Waals surface area contributed by atoms with Gasteiger partial charge in [0.15, 0.2) is 5.82 Å². The molecule has 1 N–H and O–H groups in total. The molecule has 0 spiro atoms. The highest BCUT2D eigenvalue weighted by atomic mass is 16.5. The van der Waals surface area contributed by atoms with Crippen LogP contribution in [-0.2, 0) is 16.0 Å². The number of rotatable bonds is 7. The van der Waals surface area contributed by atoms with Crippen LogP contribution in [0.5, 0.6) is 0 Å². The third-order valence-electron chi connectivity index (χ3n) is 4.23. The van der Waals surface area contributed by atoms with E-state index in [-0.39, 0.29) is 24.0 Å². The number of aromatic nitrogens is 2. The maximum atomic E-state index is 12.0. The lowest BCUT2D eigenvalue weighted by atomic mass is 10.1. The molecule has 1 aromatic rings. The fraction of sp³-hybridized carbons (Fsp3) is 0.824. The third kappa shape index (κ3) is 5.56. The summed E-state index contributed by atoms with van der Waals surface area (Å²) in [5, 5.41) is 6.90. The van der Waals surface area contributed by atoms with Crippen molar-refractivity contribution >= 4 is 5.91 Å². The molecule has 2 heterocycles. The minimum Gasteiger partial charge on any atom is -0.373 e. The summed E-state index contributed by atoms with van der Waals surface area (Å²) in [6.45, 7) is 12.8. The maximum absolute atomic E-state index is 12.0. The van der Waals surface area contributed by atoms with Crippen molar-refractivity contribution in [3.05, 3.63) is 11.7 Å². The Labute approximate surface area is 144 Å². The van der Waals surface area contributed by atoms with Crippen molar-refractivity contribution in [2.24, 2.45) is 0 Å². The molecule has 0 aliphatic carbocycles. The van der Waals surface area contributed by atoms with Crippen LogP contribution in [0, 0.1) is 0 Å². The highest BCUT2D eigenvalue weighted by Crippen LogP contribution is 2.13. The van der Waals surface area contributed by atoms with Crippen LogP contribution < -0.4 is 5.32 Å². The van der Waals surface area contributed by atoms with Gasteiger partial charge < -0.3 is 14.6 Å². The van der Waals surface area contributed by atoms with E-state index in [9.17, 15) is 4.79 Å². The van der Waals surface area contributed by atoms with E-state index in [1.807, 2.05) is 13.8 Å².